The Morgan fingerprint density at radius 2 is 1.84 bits per heavy atom. The van der Waals surface area contributed by atoms with Gasteiger partial charge in [-0.05, 0) is 32.0 Å². The standard InChI is InChI=1S/C16H27N3/c1-14-6-4-5-7-16(14)15(2)17-8-9-19-12-10-18(3)11-13-19/h4-7,15,17H,8-13H2,1-3H3/t15-/m1/s1. The summed E-state index contributed by atoms with van der Waals surface area (Å²) in [5.74, 6) is 0. The summed E-state index contributed by atoms with van der Waals surface area (Å²) >= 11 is 0. The number of nitrogens with one attached hydrogen (secondary N) is 1. The predicted molar refractivity (Wildman–Crippen MR) is 81.5 cm³/mol. The van der Waals surface area contributed by atoms with Gasteiger partial charge in [-0.1, -0.05) is 24.3 Å². The van der Waals surface area contributed by atoms with Gasteiger partial charge in [0, 0.05) is 45.3 Å². The number of likely N-dealkylation sites (N-methyl/N-ethyl adjacent to an activating group) is 1. The molecule has 0 spiro atoms. The topological polar surface area (TPSA) is 18.5 Å². The Kier molecular flexibility index (Phi) is 5.37. The molecule has 1 heterocycles. The van der Waals surface area contributed by atoms with Crippen LogP contribution >= 0.6 is 0 Å². The van der Waals surface area contributed by atoms with Gasteiger partial charge < -0.3 is 10.2 Å². The molecule has 1 aromatic carbocycles. The quantitative estimate of drug-likeness (QED) is 0.873. The Bertz CT molecular complexity index is 383. The third kappa shape index (κ3) is 4.30. The first-order chi connectivity index (χ1) is 9.16. The van der Waals surface area contributed by atoms with Crippen LogP contribution in [0.3, 0.4) is 0 Å². The van der Waals surface area contributed by atoms with E-state index in [-0.39, 0.29) is 0 Å². The van der Waals surface area contributed by atoms with Crippen molar-refractivity contribution < 1.29 is 0 Å². The van der Waals surface area contributed by atoms with Gasteiger partial charge in [-0.25, -0.2) is 0 Å². The molecule has 0 radical (unpaired) electrons. The molecule has 3 heteroatoms. The van der Waals surface area contributed by atoms with E-state index in [0.29, 0.717) is 6.04 Å². The summed E-state index contributed by atoms with van der Waals surface area (Å²) in [5, 5.41) is 3.64. The van der Waals surface area contributed by atoms with Crippen LogP contribution in [0.5, 0.6) is 0 Å². The summed E-state index contributed by atoms with van der Waals surface area (Å²) < 4.78 is 0. The number of aryl methyl sites for hydroxylation is 1. The lowest BCUT2D eigenvalue weighted by Gasteiger charge is -2.32. The maximum atomic E-state index is 3.64. The first-order valence-corrected chi connectivity index (χ1v) is 7.36. The Hall–Kier alpha value is -0.900. The molecule has 0 unspecified atom stereocenters. The molecule has 1 N–H and O–H groups in total. The minimum absolute atomic E-state index is 0.439. The first-order valence-electron chi connectivity index (χ1n) is 7.36. The monoisotopic (exact) mass is 261 g/mol. The molecule has 19 heavy (non-hydrogen) atoms. The van der Waals surface area contributed by atoms with E-state index in [1.54, 1.807) is 0 Å². The highest BCUT2D eigenvalue weighted by Crippen LogP contribution is 2.16. The summed E-state index contributed by atoms with van der Waals surface area (Å²) in [5.41, 5.74) is 2.79. The van der Waals surface area contributed by atoms with Gasteiger partial charge in [0.05, 0.1) is 0 Å². The molecule has 0 bridgehead atoms. The fourth-order valence-electron chi connectivity index (χ4n) is 2.69. The Morgan fingerprint density at radius 3 is 2.53 bits per heavy atom. The molecule has 1 aliphatic heterocycles. The van der Waals surface area contributed by atoms with Crippen molar-refractivity contribution in [1.29, 1.82) is 0 Å². The lowest BCUT2D eigenvalue weighted by Crippen LogP contribution is -2.46. The zero-order valence-corrected chi connectivity index (χ0v) is 12.5. The molecule has 0 aromatic heterocycles. The molecule has 0 aliphatic carbocycles. The van der Waals surface area contributed by atoms with Crippen molar-refractivity contribution in [3.8, 4) is 0 Å². The third-order valence-corrected chi connectivity index (χ3v) is 4.13. The molecule has 0 saturated carbocycles. The van der Waals surface area contributed by atoms with Crippen molar-refractivity contribution in [2.24, 2.45) is 0 Å². The van der Waals surface area contributed by atoms with E-state index < -0.39 is 0 Å². The summed E-state index contributed by atoms with van der Waals surface area (Å²) in [4.78, 5) is 4.96. The average molecular weight is 261 g/mol. The molecule has 1 saturated heterocycles. The normalized spacial score (nSPS) is 19.5. The van der Waals surface area contributed by atoms with Crippen molar-refractivity contribution in [1.82, 2.24) is 15.1 Å². The van der Waals surface area contributed by atoms with Crippen LogP contribution < -0.4 is 5.32 Å². The van der Waals surface area contributed by atoms with Crippen molar-refractivity contribution in [2.45, 2.75) is 19.9 Å². The van der Waals surface area contributed by atoms with E-state index in [1.807, 2.05) is 0 Å². The van der Waals surface area contributed by atoms with Crippen molar-refractivity contribution in [3.05, 3.63) is 35.4 Å². The van der Waals surface area contributed by atoms with Crippen molar-refractivity contribution in [3.63, 3.8) is 0 Å². The number of rotatable bonds is 5. The predicted octanol–water partition coefficient (Wildman–Crippen LogP) is 1.89. The fraction of sp³-hybridized carbons (Fsp3) is 0.625. The highest BCUT2D eigenvalue weighted by molar-refractivity contribution is 5.28. The van der Waals surface area contributed by atoms with Gasteiger partial charge in [-0.2, -0.15) is 0 Å². The lowest BCUT2D eigenvalue weighted by molar-refractivity contribution is 0.154. The molecule has 106 valence electrons. The number of piperazine rings is 1. The molecule has 1 aliphatic rings. The van der Waals surface area contributed by atoms with E-state index in [0.717, 1.165) is 13.1 Å². The Morgan fingerprint density at radius 1 is 1.16 bits per heavy atom. The summed E-state index contributed by atoms with van der Waals surface area (Å²) in [7, 11) is 2.20. The zero-order valence-electron chi connectivity index (χ0n) is 12.5. The van der Waals surface area contributed by atoms with Crippen LogP contribution in [0, 0.1) is 6.92 Å². The van der Waals surface area contributed by atoms with Crippen LogP contribution in [0.4, 0.5) is 0 Å². The van der Waals surface area contributed by atoms with Crippen LogP contribution in [0.15, 0.2) is 24.3 Å². The van der Waals surface area contributed by atoms with E-state index in [2.05, 4.69) is 60.3 Å². The van der Waals surface area contributed by atoms with Crippen LogP contribution in [0.2, 0.25) is 0 Å². The number of nitrogens with zero attached hydrogens (tertiary/aromatic N) is 2. The maximum absolute atomic E-state index is 3.64. The van der Waals surface area contributed by atoms with Crippen LogP contribution in [-0.2, 0) is 0 Å². The maximum Gasteiger partial charge on any atom is 0.0294 e. The Labute approximate surface area is 117 Å². The van der Waals surface area contributed by atoms with Crippen molar-refractivity contribution in [2.75, 3.05) is 46.3 Å². The van der Waals surface area contributed by atoms with Gasteiger partial charge >= 0.3 is 0 Å². The average Bonchev–Trinajstić information content (AvgIpc) is 2.41. The summed E-state index contributed by atoms with van der Waals surface area (Å²) in [6, 6.07) is 9.09. The second-order valence-corrected chi connectivity index (χ2v) is 5.68. The minimum Gasteiger partial charge on any atom is -0.309 e. The van der Waals surface area contributed by atoms with Gasteiger partial charge in [0.15, 0.2) is 0 Å². The minimum atomic E-state index is 0.439. The van der Waals surface area contributed by atoms with Crippen LogP contribution in [-0.4, -0.2) is 56.1 Å². The molecular formula is C16H27N3. The number of hydrogen-bond donors (Lipinski definition) is 1. The molecule has 1 atom stereocenters. The van der Waals surface area contributed by atoms with Gasteiger partial charge in [-0.3, -0.25) is 4.90 Å². The van der Waals surface area contributed by atoms with Crippen LogP contribution in [0.1, 0.15) is 24.1 Å². The van der Waals surface area contributed by atoms with Gasteiger partial charge in [0.25, 0.3) is 0 Å². The molecule has 0 amide bonds. The third-order valence-electron chi connectivity index (χ3n) is 4.13. The zero-order chi connectivity index (χ0) is 13.7. The number of hydrogen-bond acceptors (Lipinski definition) is 3. The summed E-state index contributed by atoms with van der Waals surface area (Å²) in [6.07, 6.45) is 0. The second kappa shape index (κ2) is 7.04. The molecular weight excluding hydrogens is 234 g/mol. The van der Waals surface area contributed by atoms with E-state index >= 15 is 0 Å². The van der Waals surface area contributed by atoms with E-state index in [9.17, 15) is 0 Å². The van der Waals surface area contributed by atoms with Gasteiger partial charge in [-0.15, -0.1) is 0 Å². The fourth-order valence-corrected chi connectivity index (χ4v) is 2.69. The summed E-state index contributed by atoms with van der Waals surface area (Å²) in [6.45, 7) is 11.5. The molecule has 2 rings (SSSR count). The Balaban J connectivity index is 1.72. The van der Waals surface area contributed by atoms with E-state index in [1.165, 1.54) is 37.3 Å². The van der Waals surface area contributed by atoms with Crippen LogP contribution in [0.25, 0.3) is 0 Å². The smallest absolute Gasteiger partial charge is 0.0294 e. The first kappa shape index (κ1) is 14.5. The van der Waals surface area contributed by atoms with Gasteiger partial charge in [0.2, 0.25) is 0 Å². The highest BCUT2D eigenvalue weighted by atomic mass is 15.2. The SMILES string of the molecule is Cc1ccccc1[C@@H](C)NCCN1CCN(C)CC1. The van der Waals surface area contributed by atoms with Gasteiger partial charge in [0.1, 0.15) is 0 Å². The second-order valence-electron chi connectivity index (χ2n) is 5.68. The lowest BCUT2D eigenvalue weighted by atomic mass is 10.0. The molecule has 3 nitrogen and oxygen atoms in total. The highest BCUT2D eigenvalue weighted by Gasteiger charge is 2.13. The largest absolute Gasteiger partial charge is 0.309 e. The molecule has 1 fully saturated rings. The molecule has 1 aromatic rings. The van der Waals surface area contributed by atoms with E-state index in [4.69, 9.17) is 0 Å². The number of benzene rings is 1. The van der Waals surface area contributed by atoms with Crippen molar-refractivity contribution >= 4 is 0 Å².